The lowest BCUT2D eigenvalue weighted by Crippen LogP contribution is -2.59. The molecule has 8 nitrogen and oxygen atoms in total. The Morgan fingerprint density at radius 3 is 2.53 bits per heavy atom. The van der Waals surface area contributed by atoms with E-state index in [0.29, 0.717) is 43.1 Å². The van der Waals surface area contributed by atoms with Gasteiger partial charge in [-0.05, 0) is 69.5 Å². The number of hydrogen-bond donors (Lipinski definition) is 0. The van der Waals surface area contributed by atoms with Gasteiger partial charge in [0.25, 0.3) is 5.91 Å². The summed E-state index contributed by atoms with van der Waals surface area (Å²) in [6, 6.07) is 24.7. The lowest BCUT2D eigenvalue weighted by Gasteiger charge is -2.45. The van der Waals surface area contributed by atoms with Crippen LogP contribution in [0.25, 0.3) is 11.3 Å². The molecule has 0 bridgehead atoms. The van der Waals surface area contributed by atoms with Gasteiger partial charge in [0.05, 0.1) is 12.6 Å². The fourth-order valence-electron chi connectivity index (χ4n) is 6.26. The van der Waals surface area contributed by atoms with Crippen molar-refractivity contribution in [2.24, 2.45) is 0 Å². The van der Waals surface area contributed by atoms with Crippen molar-refractivity contribution in [3.8, 4) is 17.1 Å². The zero-order chi connectivity index (χ0) is 30.1. The molecular formula is C34H35FN4O4. The Labute approximate surface area is 250 Å². The Hall–Kier alpha value is -4.50. The quantitative estimate of drug-likeness (QED) is 0.216. The van der Waals surface area contributed by atoms with Gasteiger partial charge >= 0.3 is 6.03 Å². The van der Waals surface area contributed by atoms with Crippen LogP contribution in [0.1, 0.15) is 44.9 Å². The van der Waals surface area contributed by atoms with E-state index in [-0.39, 0.29) is 24.6 Å². The molecule has 3 heterocycles. The standard InChI is InChI=1S/C34H35FN4O4/c1-23(2)42-30-14-7-9-25(17-30)21-37-16-15-34(20-24(37)3)32(40)38(33(41)39(34)29-13-8-12-27(35)18-29)22-28-19-31(43-36-28)26-10-5-4-6-11-26/h4-14,17-19,23-24H,15-16,20-22H2,1-3H3. The summed E-state index contributed by atoms with van der Waals surface area (Å²) >= 11 is 0. The summed E-state index contributed by atoms with van der Waals surface area (Å²) in [6.45, 7) is 7.29. The van der Waals surface area contributed by atoms with Crippen LogP contribution in [-0.4, -0.2) is 51.1 Å². The topological polar surface area (TPSA) is 79.1 Å². The number of piperidine rings is 1. The third-order valence-electron chi connectivity index (χ3n) is 8.22. The minimum atomic E-state index is -1.14. The number of imide groups is 1. The van der Waals surface area contributed by atoms with Gasteiger partial charge in [0, 0.05) is 36.4 Å². The van der Waals surface area contributed by atoms with Gasteiger partial charge in [-0.1, -0.05) is 53.7 Å². The lowest BCUT2D eigenvalue weighted by atomic mass is 9.81. The number of amides is 3. The molecule has 4 aromatic rings. The van der Waals surface area contributed by atoms with E-state index in [9.17, 15) is 14.0 Å². The van der Waals surface area contributed by atoms with Crippen molar-refractivity contribution in [1.29, 1.82) is 0 Å². The highest BCUT2D eigenvalue weighted by Gasteiger charge is 2.60. The van der Waals surface area contributed by atoms with Crippen molar-refractivity contribution in [2.75, 3.05) is 11.4 Å². The van der Waals surface area contributed by atoms with Crippen molar-refractivity contribution >= 4 is 17.6 Å². The van der Waals surface area contributed by atoms with E-state index in [2.05, 4.69) is 23.0 Å². The number of carbonyl (C=O) groups excluding carboxylic acids is 2. The van der Waals surface area contributed by atoms with Crippen LogP contribution >= 0.6 is 0 Å². The Morgan fingerprint density at radius 2 is 1.79 bits per heavy atom. The molecule has 0 radical (unpaired) electrons. The normalized spacial score (nSPS) is 20.9. The largest absolute Gasteiger partial charge is 0.491 e. The third kappa shape index (κ3) is 5.64. The smallest absolute Gasteiger partial charge is 0.332 e. The van der Waals surface area contributed by atoms with Gasteiger partial charge in [0.2, 0.25) is 0 Å². The first-order valence-corrected chi connectivity index (χ1v) is 14.7. The second kappa shape index (κ2) is 11.6. The minimum absolute atomic E-state index is 0.0343. The zero-order valence-electron chi connectivity index (χ0n) is 24.6. The number of urea groups is 1. The van der Waals surface area contributed by atoms with Crippen LogP contribution in [0, 0.1) is 5.82 Å². The van der Waals surface area contributed by atoms with Crippen molar-refractivity contribution < 1.29 is 23.2 Å². The van der Waals surface area contributed by atoms with Gasteiger partial charge in [0.15, 0.2) is 5.76 Å². The Bertz CT molecular complexity index is 1620. The van der Waals surface area contributed by atoms with Crippen molar-refractivity contribution in [2.45, 2.75) is 64.4 Å². The van der Waals surface area contributed by atoms with Crippen molar-refractivity contribution in [3.05, 3.63) is 102 Å². The number of halogens is 1. The maximum Gasteiger partial charge on any atom is 0.332 e. The number of aromatic nitrogens is 1. The maximum absolute atomic E-state index is 14.4. The molecule has 43 heavy (non-hydrogen) atoms. The SMILES string of the molecule is CC(C)Oc1cccc(CN2CCC3(CC2C)C(=O)N(Cc2cc(-c4ccccc4)on2)C(=O)N3c2cccc(F)c2)c1. The van der Waals surface area contributed by atoms with E-state index in [1.165, 1.54) is 21.9 Å². The Balaban J connectivity index is 1.27. The van der Waals surface area contributed by atoms with E-state index in [1.54, 1.807) is 18.2 Å². The summed E-state index contributed by atoms with van der Waals surface area (Å²) in [6.07, 6.45) is 0.889. The predicted molar refractivity (Wildman–Crippen MR) is 161 cm³/mol. The van der Waals surface area contributed by atoms with E-state index in [0.717, 1.165) is 16.9 Å². The number of anilines is 1. The average Bonchev–Trinajstić information content (AvgIpc) is 3.53. The fourth-order valence-corrected chi connectivity index (χ4v) is 6.26. The van der Waals surface area contributed by atoms with Gasteiger partial charge in [-0.2, -0.15) is 0 Å². The molecule has 2 aliphatic heterocycles. The van der Waals surface area contributed by atoms with E-state index in [4.69, 9.17) is 9.26 Å². The van der Waals surface area contributed by atoms with Crippen LogP contribution in [0.3, 0.4) is 0 Å². The summed E-state index contributed by atoms with van der Waals surface area (Å²) in [4.78, 5) is 33.3. The highest BCUT2D eigenvalue weighted by molar-refractivity contribution is 6.17. The molecule has 3 amide bonds. The molecule has 2 fully saturated rings. The first kappa shape index (κ1) is 28.6. The maximum atomic E-state index is 14.4. The van der Waals surface area contributed by atoms with Gasteiger partial charge in [-0.15, -0.1) is 0 Å². The van der Waals surface area contributed by atoms with Crippen LogP contribution in [0.15, 0.2) is 89.5 Å². The van der Waals surface area contributed by atoms with Crippen LogP contribution in [0.2, 0.25) is 0 Å². The minimum Gasteiger partial charge on any atom is -0.491 e. The number of ether oxygens (including phenoxy) is 1. The van der Waals surface area contributed by atoms with Crippen molar-refractivity contribution in [3.63, 3.8) is 0 Å². The zero-order valence-corrected chi connectivity index (χ0v) is 24.6. The summed E-state index contributed by atoms with van der Waals surface area (Å²) in [5.74, 6) is 0.603. The highest BCUT2D eigenvalue weighted by atomic mass is 19.1. The predicted octanol–water partition coefficient (Wildman–Crippen LogP) is 6.66. The summed E-state index contributed by atoms with van der Waals surface area (Å²) in [7, 11) is 0. The second-order valence-electron chi connectivity index (χ2n) is 11.7. The molecule has 3 aromatic carbocycles. The summed E-state index contributed by atoms with van der Waals surface area (Å²) in [5.41, 5.74) is 1.64. The van der Waals surface area contributed by atoms with Gasteiger partial charge in [0.1, 0.15) is 22.8 Å². The van der Waals surface area contributed by atoms with Gasteiger partial charge < -0.3 is 9.26 Å². The fraction of sp³-hybridized carbons (Fsp3) is 0.324. The number of benzene rings is 3. The molecule has 222 valence electrons. The molecule has 0 N–H and O–H groups in total. The first-order chi connectivity index (χ1) is 20.7. The Kier molecular flexibility index (Phi) is 7.75. The molecule has 9 heteroatoms. The van der Waals surface area contributed by atoms with E-state index in [1.807, 2.05) is 62.4 Å². The average molecular weight is 583 g/mol. The molecule has 2 aliphatic rings. The van der Waals surface area contributed by atoms with Crippen LogP contribution in [0.5, 0.6) is 5.75 Å². The highest BCUT2D eigenvalue weighted by Crippen LogP contribution is 2.43. The van der Waals surface area contributed by atoms with Crippen LogP contribution in [0.4, 0.5) is 14.9 Å². The van der Waals surface area contributed by atoms with Crippen LogP contribution in [-0.2, 0) is 17.9 Å². The van der Waals surface area contributed by atoms with Crippen molar-refractivity contribution in [1.82, 2.24) is 15.0 Å². The molecule has 2 unspecified atom stereocenters. The number of likely N-dealkylation sites (tertiary alicyclic amines) is 1. The monoisotopic (exact) mass is 582 g/mol. The number of nitrogens with zero attached hydrogens (tertiary/aromatic N) is 4. The Morgan fingerprint density at radius 1 is 1.00 bits per heavy atom. The number of hydrogen-bond acceptors (Lipinski definition) is 6. The molecule has 2 saturated heterocycles. The molecule has 2 atom stereocenters. The number of rotatable bonds is 8. The molecule has 1 spiro atoms. The van der Waals surface area contributed by atoms with Gasteiger partial charge in [-0.3, -0.25) is 19.5 Å². The third-order valence-corrected chi connectivity index (χ3v) is 8.22. The van der Waals surface area contributed by atoms with Gasteiger partial charge in [-0.25, -0.2) is 9.18 Å². The molecule has 6 rings (SSSR count). The lowest BCUT2D eigenvalue weighted by molar-refractivity contribution is -0.133. The summed E-state index contributed by atoms with van der Waals surface area (Å²) in [5, 5.41) is 4.15. The second-order valence-corrected chi connectivity index (χ2v) is 11.7. The summed E-state index contributed by atoms with van der Waals surface area (Å²) < 4.78 is 25.8. The number of carbonyl (C=O) groups is 2. The molecule has 1 aromatic heterocycles. The molecule has 0 saturated carbocycles. The van der Waals surface area contributed by atoms with E-state index < -0.39 is 17.4 Å². The van der Waals surface area contributed by atoms with Crippen LogP contribution < -0.4 is 9.64 Å². The molecule has 0 aliphatic carbocycles. The molecular weight excluding hydrogens is 547 g/mol. The van der Waals surface area contributed by atoms with E-state index >= 15 is 0 Å². The first-order valence-electron chi connectivity index (χ1n) is 14.7.